The maximum absolute atomic E-state index is 5.33. The molecule has 2 heterocycles. The van der Waals surface area contributed by atoms with Crippen molar-refractivity contribution in [3.8, 4) is 0 Å². The Morgan fingerprint density at radius 2 is 2.10 bits per heavy atom. The van der Waals surface area contributed by atoms with Crippen LogP contribution < -0.4 is 0 Å². The summed E-state index contributed by atoms with van der Waals surface area (Å²) in [6.07, 6.45) is 6.20. The molecule has 4 nitrogen and oxygen atoms in total. The predicted octanol–water partition coefficient (Wildman–Crippen LogP) is 3.70. The van der Waals surface area contributed by atoms with Crippen molar-refractivity contribution < 1.29 is 4.42 Å². The molecule has 21 heavy (non-hydrogen) atoms. The van der Waals surface area contributed by atoms with Crippen LogP contribution in [0.15, 0.2) is 41.4 Å². The molecule has 1 N–H and O–H groups in total. The third-order valence-corrected chi connectivity index (χ3v) is 3.98. The molecule has 0 saturated heterocycles. The largest absolute Gasteiger partial charge is 0.449 e. The molecule has 4 heteroatoms. The monoisotopic (exact) mass is 281 g/mol. The highest BCUT2D eigenvalue weighted by Crippen LogP contribution is 2.30. The molecule has 3 aromatic rings. The molecule has 1 aromatic carbocycles. The Kier molecular flexibility index (Phi) is 3.60. The van der Waals surface area contributed by atoms with Gasteiger partial charge in [0.15, 0.2) is 5.89 Å². The zero-order chi connectivity index (χ0) is 14.8. The minimum Gasteiger partial charge on any atom is -0.449 e. The second-order valence-electron chi connectivity index (χ2n) is 5.40. The van der Waals surface area contributed by atoms with Crippen LogP contribution in [0, 0.1) is 20.8 Å². The summed E-state index contributed by atoms with van der Waals surface area (Å²) in [5.41, 5.74) is 5.89. The van der Waals surface area contributed by atoms with Crippen LogP contribution in [-0.2, 0) is 6.42 Å². The number of aromatic nitrogens is 3. The van der Waals surface area contributed by atoms with Crippen molar-refractivity contribution in [2.75, 3.05) is 0 Å². The van der Waals surface area contributed by atoms with Crippen molar-refractivity contribution in [1.29, 1.82) is 0 Å². The van der Waals surface area contributed by atoms with Gasteiger partial charge >= 0.3 is 0 Å². The number of aryl methyl sites for hydroxylation is 2. The first-order valence-electron chi connectivity index (χ1n) is 7.11. The van der Waals surface area contributed by atoms with E-state index >= 15 is 0 Å². The summed E-state index contributed by atoms with van der Waals surface area (Å²) >= 11 is 0. The Morgan fingerprint density at radius 1 is 1.24 bits per heavy atom. The van der Waals surface area contributed by atoms with Crippen molar-refractivity contribution in [2.45, 2.75) is 33.1 Å². The molecule has 2 aromatic heterocycles. The highest BCUT2D eigenvalue weighted by Gasteiger charge is 2.20. The zero-order valence-electron chi connectivity index (χ0n) is 12.6. The van der Waals surface area contributed by atoms with Crippen LogP contribution in [0.4, 0.5) is 0 Å². The number of aromatic amines is 1. The molecule has 0 saturated carbocycles. The Morgan fingerprint density at radius 3 is 2.76 bits per heavy atom. The molecule has 0 fully saturated rings. The fourth-order valence-electron chi connectivity index (χ4n) is 2.70. The Balaban J connectivity index is 2.02. The van der Waals surface area contributed by atoms with E-state index in [0.717, 1.165) is 17.8 Å². The van der Waals surface area contributed by atoms with Gasteiger partial charge in [0.2, 0.25) is 0 Å². The third-order valence-electron chi connectivity index (χ3n) is 3.98. The summed E-state index contributed by atoms with van der Waals surface area (Å²) < 4.78 is 5.33. The second-order valence-corrected chi connectivity index (χ2v) is 5.40. The number of rotatable bonds is 4. The van der Waals surface area contributed by atoms with E-state index in [2.05, 4.69) is 47.0 Å². The number of imidazole rings is 1. The maximum Gasteiger partial charge on any atom is 0.191 e. The molecule has 3 rings (SSSR count). The summed E-state index contributed by atoms with van der Waals surface area (Å²) in [6.45, 7) is 6.17. The maximum atomic E-state index is 5.33. The van der Waals surface area contributed by atoms with E-state index in [1.165, 1.54) is 16.7 Å². The third kappa shape index (κ3) is 2.75. The molecular formula is C17H19N3O. The standard InChI is InChI=1S/C17H19N3O/c1-11-5-4-6-15(12(11)2)16(17-8-18-10-19-17)7-14-9-21-13(3)20-14/h4-6,8-10,16H,7H2,1-3H3,(H,18,19). The minimum atomic E-state index is 0.181. The highest BCUT2D eigenvalue weighted by atomic mass is 16.3. The topological polar surface area (TPSA) is 54.7 Å². The van der Waals surface area contributed by atoms with Gasteiger partial charge in [-0.05, 0) is 30.5 Å². The SMILES string of the molecule is Cc1nc(CC(c2c[nH]cn2)c2cccc(C)c2C)co1. The summed E-state index contributed by atoms with van der Waals surface area (Å²) in [7, 11) is 0. The molecule has 0 aliphatic carbocycles. The minimum absolute atomic E-state index is 0.181. The number of nitrogens with one attached hydrogen (secondary N) is 1. The van der Waals surface area contributed by atoms with Crippen molar-refractivity contribution in [2.24, 2.45) is 0 Å². The average molecular weight is 281 g/mol. The van der Waals surface area contributed by atoms with E-state index in [0.29, 0.717) is 5.89 Å². The Labute approximate surface area is 124 Å². The first-order chi connectivity index (χ1) is 10.1. The lowest BCUT2D eigenvalue weighted by Gasteiger charge is -2.18. The molecule has 0 bridgehead atoms. The fourth-order valence-corrected chi connectivity index (χ4v) is 2.70. The number of hydrogen-bond acceptors (Lipinski definition) is 3. The van der Waals surface area contributed by atoms with Gasteiger partial charge in [-0.25, -0.2) is 9.97 Å². The van der Waals surface area contributed by atoms with E-state index < -0.39 is 0 Å². The summed E-state index contributed by atoms with van der Waals surface area (Å²) in [4.78, 5) is 11.9. The van der Waals surface area contributed by atoms with Gasteiger partial charge in [0.05, 0.1) is 17.7 Å². The lowest BCUT2D eigenvalue weighted by molar-refractivity contribution is 0.520. The Hall–Kier alpha value is -2.36. The van der Waals surface area contributed by atoms with Gasteiger partial charge in [-0.3, -0.25) is 0 Å². The molecule has 1 atom stereocenters. The predicted molar refractivity (Wildman–Crippen MR) is 81.3 cm³/mol. The molecule has 1 unspecified atom stereocenters. The number of benzene rings is 1. The fraction of sp³-hybridized carbons (Fsp3) is 0.294. The van der Waals surface area contributed by atoms with Crippen LogP contribution in [0.2, 0.25) is 0 Å². The number of H-pyrrole nitrogens is 1. The molecule has 0 aliphatic rings. The molecule has 108 valence electrons. The van der Waals surface area contributed by atoms with Gasteiger partial charge in [-0.15, -0.1) is 0 Å². The lowest BCUT2D eigenvalue weighted by atomic mass is 9.87. The average Bonchev–Trinajstić information content (AvgIpc) is 3.11. The van der Waals surface area contributed by atoms with Crippen molar-refractivity contribution >= 4 is 0 Å². The van der Waals surface area contributed by atoms with Crippen LogP contribution in [0.5, 0.6) is 0 Å². The van der Waals surface area contributed by atoms with Gasteiger partial charge in [0, 0.05) is 25.5 Å². The van der Waals surface area contributed by atoms with Crippen LogP contribution in [-0.4, -0.2) is 15.0 Å². The highest BCUT2D eigenvalue weighted by molar-refractivity contribution is 5.39. The van der Waals surface area contributed by atoms with Gasteiger partial charge in [0.1, 0.15) is 6.26 Å². The number of hydrogen-bond donors (Lipinski definition) is 1. The van der Waals surface area contributed by atoms with E-state index in [-0.39, 0.29) is 5.92 Å². The van der Waals surface area contributed by atoms with E-state index in [1.807, 2.05) is 13.1 Å². The first kappa shape index (κ1) is 13.6. The van der Waals surface area contributed by atoms with Crippen molar-refractivity contribution in [3.05, 3.63) is 71.0 Å². The smallest absolute Gasteiger partial charge is 0.191 e. The van der Waals surface area contributed by atoms with Crippen LogP contribution in [0.1, 0.15) is 39.9 Å². The van der Waals surface area contributed by atoms with Crippen LogP contribution in [0.25, 0.3) is 0 Å². The second kappa shape index (κ2) is 5.56. The number of oxazole rings is 1. The van der Waals surface area contributed by atoms with Crippen LogP contribution >= 0.6 is 0 Å². The van der Waals surface area contributed by atoms with Gasteiger partial charge < -0.3 is 9.40 Å². The van der Waals surface area contributed by atoms with Crippen molar-refractivity contribution in [1.82, 2.24) is 15.0 Å². The molecule has 0 aliphatic heterocycles. The number of nitrogens with zero attached hydrogens (tertiary/aromatic N) is 2. The molecule has 0 spiro atoms. The summed E-state index contributed by atoms with van der Waals surface area (Å²) in [5.74, 6) is 0.882. The van der Waals surface area contributed by atoms with E-state index in [9.17, 15) is 0 Å². The van der Waals surface area contributed by atoms with Crippen molar-refractivity contribution in [3.63, 3.8) is 0 Å². The summed E-state index contributed by atoms with van der Waals surface area (Å²) in [5, 5.41) is 0. The van der Waals surface area contributed by atoms with Gasteiger partial charge in [0.25, 0.3) is 0 Å². The van der Waals surface area contributed by atoms with E-state index in [4.69, 9.17) is 4.42 Å². The molecule has 0 radical (unpaired) electrons. The molecular weight excluding hydrogens is 262 g/mol. The zero-order valence-corrected chi connectivity index (χ0v) is 12.6. The lowest BCUT2D eigenvalue weighted by Crippen LogP contribution is -2.08. The van der Waals surface area contributed by atoms with Crippen LogP contribution in [0.3, 0.4) is 0 Å². The summed E-state index contributed by atoms with van der Waals surface area (Å²) in [6, 6.07) is 6.42. The first-order valence-corrected chi connectivity index (χ1v) is 7.11. The van der Waals surface area contributed by atoms with Gasteiger partial charge in [-0.1, -0.05) is 18.2 Å². The van der Waals surface area contributed by atoms with E-state index in [1.54, 1.807) is 12.6 Å². The quantitative estimate of drug-likeness (QED) is 0.793. The Bertz CT molecular complexity index is 728. The normalized spacial score (nSPS) is 12.5. The molecule has 0 amide bonds. The van der Waals surface area contributed by atoms with Gasteiger partial charge in [-0.2, -0.15) is 0 Å².